The summed E-state index contributed by atoms with van der Waals surface area (Å²) in [7, 11) is 0. The number of fused-ring (bicyclic) bond motifs is 3. The van der Waals surface area contributed by atoms with Crippen LogP contribution < -0.4 is 0 Å². The van der Waals surface area contributed by atoms with Crippen molar-refractivity contribution in [3.05, 3.63) is 11.6 Å². The van der Waals surface area contributed by atoms with Crippen LogP contribution in [0.25, 0.3) is 0 Å². The molecule has 154 valence electrons. The van der Waals surface area contributed by atoms with Crippen LogP contribution in [0, 0.1) is 16.7 Å². The van der Waals surface area contributed by atoms with E-state index in [2.05, 4.69) is 20.8 Å². The molecule has 0 aromatic heterocycles. The average molecular weight is 382 g/mol. The van der Waals surface area contributed by atoms with Gasteiger partial charge in [-0.2, -0.15) is 0 Å². The van der Waals surface area contributed by atoms with Crippen molar-refractivity contribution in [2.45, 2.75) is 90.3 Å². The third-order valence-electron chi connectivity index (χ3n) is 7.25. The van der Waals surface area contributed by atoms with E-state index in [1.165, 1.54) is 0 Å². The molecule has 0 aromatic carbocycles. The number of aliphatic hydroxyl groups excluding tert-OH is 2. The second kappa shape index (κ2) is 7.14. The number of esters is 1. The monoisotopic (exact) mass is 382 g/mol. The maximum atomic E-state index is 12.4. The zero-order valence-corrected chi connectivity index (χ0v) is 16.9. The number of unbranched alkanes of at least 4 members (excludes halogenated alkanes) is 2. The molecule has 3 rings (SSSR count). The Kier molecular flexibility index (Phi) is 5.49. The van der Waals surface area contributed by atoms with Crippen molar-refractivity contribution in [1.29, 1.82) is 0 Å². The van der Waals surface area contributed by atoms with Gasteiger partial charge in [-0.1, -0.05) is 40.5 Å². The number of hydrogen-bond donors (Lipinski definition) is 3. The van der Waals surface area contributed by atoms with Crippen LogP contribution in [-0.4, -0.2) is 52.0 Å². The predicted octanol–water partition coefficient (Wildman–Crippen LogP) is 2.30. The Morgan fingerprint density at radius 2 is 2.00 bits per heavy atom. The smallest absolute Gasteiger partial charge is 0.306 e. The first kappa shape index (κ1) is 20.8. The van der Waals surface area contributed by atoms with Gasteiger partial charge in [-0.05, 0) is 36.3 Å². The minimum absolute atomic E-state index is 0.0665. The number of carbonyl (C=O) groups excluding carboxylic acids is 1. The Labute approximate surface area is 161 Å². The van der Waals surface area contributed by atoms with Crippen molar-refractivity contribution in [1.82, 2.24) is 0 Å². The first-order chi connectivity index (χ1) is 12.6. The average Bonchev–Trinajstić information content (AvgIpc) is 2.88. The maximum Gasteiger partial charge on any atom is 0.306 e. The molecule has 0 aromatic rings. The molecule has 1 aliphatic heterocycles. The molecule has 2 aliphatic carbocycles. The fraction of sp³-hybridized carbons (Fsp3) is 0.857. The van der Waals surface area contributed by atoms with Crippen LogP contribution in [0.2, 0.25) is 0 Å². The first-order valence-corrected chi connectivity index (χ1v) is 10.2. The van der Waals surface area contributed by atoms with Crippen LogP contribution in [-0.2, 0) is 14.3 Å². The minimum Gasteiger partial charge on any atom is -0.458 e. The Hall–Kier alpha value is -0.950. The van der Waals surface area contributed by atoms with Gasteiger partial charge in [0.2, 0.25) is 0 Å². The minimum atomic E-state index is -1.68. The van der Waals surface area contributed by atoms with Gasteiger partial charge < -0.3 is 24.8 Å². The SMILES string of the molecule is CCCCCC(=O)O[C@H]1C=C2CO[C@H](O)[C@]2(O)[C@@]2(C)[C@@H](O)CCC(C)(C)[C@H]12. The van der Waals surface area contributed by atoms with Crippen LogP contribution in [0.5, 0.6) is 0 Å². The van der Waals surface area contributed by atoms with Gasteiger partial charge in [0.25, 0.3) is 0 Å². The van der Waals surface area contributed by atoms with Crippen molar-refractivity contribution in [2.75, 3.05) is 6.61 Å². The highest BCUT2D eigenvalue weighted by molar-refractivity contribution is 5.70. The molecule has 3 aliphatic rings. The van der Waals surface area contributed by atoms with Gasteiger partial charge in [0.05, 0.1) is 12.7 Å². The molecule has 6 nitrogen and oxygen atoms in total. The molecule has 3 N–H and O–H groups in total. The second-order valence-corrected chi connectivity index (χ2v) is 9.34. The van der Waals surface area contributed by atoms with Gasteiger partial charge in [0.15, 0.2) is 6.29 Å². The van der Waals surface area contributed by atoms with E-state index >= 15 is 0 Å². The van der Waals surface area contributed by atoms with Gasteiger partial charge in [-0.15, -0.1) is 0 Å². The van der Waals surface area contributed by atoms with Gasteiger partial charge >= 0.3 is 5.97 Å². The van der Waals surface area contributed by atoms with Crippen LogP contribution in [0.1, 0.15) is 66.2 Å². The van der Waals surface area contributed by atoms with Crippen molar-refractivity contribution < 1.29 is 29.6 Å². The van der Waals surface area contributed by atoms with Crippen molar-refractivity contribution >= 4 is 5.97 Å². The van der Waals surface area contributed by atoms with E-state index in [0.717, 1.165) is 25.7 Å². The van der Waals surface area contributed by atoms with Crippen LogP contribution in [0.4, 0.5) is 0 Å². The molecule has 27 heavy (non-hydrogen) atoms. The first-order valence-electron chi connectivity index (χ1n) is 10.2. The Morgan fingerprint density at radius 1 is 1.30 bits per heavy atom. The van der Waals surface area contributed by atoms with Gasteiger partial charge in [0.1, 0.15) is 11.7 Å². The number of hydrogen-bond acceptors (Lipinski definition) is 6. The molecular formula is C21H34O6. The van der Waals surface area contributed by atoms with E-state index < -0.39 is 29.5 Å². The van der Waals surface area contributed by atoms with Gasteiger partial charge in [-0.25, -0.2) is 0 Å². The summed E-state index contributed by atoms with van der Waals surface area (Å²) >= 11 is 0. The lowest BCUT2D eigenvalue weighted by atomic mass is 9.45. The van der Waals surface area contributed by atoms with Gasteiger partial charge in [0, 0.05) is 17.8 Å². The summed E-state index contributed by atoms with van der Waals surface area (Å²) in [6.07, 6.45) is 3.38. The molecule has 0 bridgehead atoms. The number of ether oxygens (including phenoxy) is 2. The highest BCUT2D eigenvalue weighted by atomic mass is 16.6. The molecule has 1 saturated carbocycles. The molecule has 0 spiro atoms. The molecule has 1 saturated heterocycles. The lowest BCUT2D eigenvalue weighted by Crippen LogP contribution is -2.70. The highest BCUT2D eigenvalue weighted by Gasteiger charge is 2.71. The number of rotatable bonds is 5. The lowest BCUT2D eigenvalue weighted by Gasteiger charge is -2.62. The van der Waals surface area contributed by atoms with E-state index in [1.807, 2.05) is 0 Å². The number of carbonyl (C=O) groups is 1. The zero-order chi connectivity index (χ0) is 20.0. The standard InChI is InChI=1S/C21H34O6/c1-5-6-7-8-16(23)27-14-11-13-12-26-18(24)21(13,25)20(4)15(22)9-10-19(2,3)17(14)20/h11,14-15,17-18,22,24-25H,5-10,12H2,1-4H3/t14-,15-,17-,18-,20-,21-/m0/s1. The molecule has 6 heteroatoms. The quantitative estimate of drug-likeness (QED) is 0.384. The summed E-state index contributed by atoms with van der Waals surface area (Å²) in [4.78, 5) is 12.4. The Bertz CT molecular complexity index is 614. The van der Waals surface area contributed by atoms with E-state index in [0.29, 0.717) is 18.4 Å². The topological polar surface area (TPSA) is 96.2 Å². The fourth-order valence-electron chi connectivity index (χ4n) is 5.73. The summed E-state index contributed by atoms with van der Waals surface area (Å²) < 4.78 is 11.2. The van der Waals surface area contributed by atoms with E-state index in [-0.39, 0.29) is 23.9 Å². The Morgan fingerprint density at radius 3 is 2.67 bits per heavy atom. The predicted molar refractivity (Wildman–Crippen MR) is 99.6 cm³/mol. The largest absolute Gasteiger partial charge is 0.458 e. The zero-order valence-electron chi connectivity index (χ0n) is 16.9. The van der Waals surface area contributed by atoms with Gasteiger partial charge in [-0.3, -0.25) is 4.79 Å². The van der Waals surface area contributed by atoms with E-state index in [9.17, 15) is 20.1 Å². The lowest BCUT2D eigenvalue weighted by molar-refractivity contribution is -0.272. The summed E-state index contributed by atoms with van der Waals surface area (Å²) in [6, 6.07) is 0. The molecule has 0 unspecified atom stereocenters. The maximum absolute atomic E-state index is 12.4. The molecule has 2 fully saturated rings. The van der Waals surface area contributed by atoms with Crippen LogP contribution in [0.3, 0.4) is 0 Å². The highest BCUT2D eigenvalue weighted by Crippen LogP contribution is 2.63. The molecule has 0 amide bonds. The van der Waals surface area contributed by atoms with Crippen molar-refractivity contribution in [2.24, 2.45) is 16.7 Å². The second-order valence-electron chi connectivity index (χ2n) is 9.34. The van der Waals surface area contributed by atoms with Crippen LogP contribution in [0.15, 0.2) is 11.6 Å². The van der Waals surface area contributed by atoms with E-state index in [1.54, 1.807) is 13.0 Å². The summed E-state index contributed by atoms with van der Waals surface area (Å²) in [5, 5.41) is 32.9. The molecule has 0 radical (unpaired) electrons. The van der Waals surface area contributed by atoms with Crippen molar-refractivity contribution in [3.8, 4) is 0 Å². The molecule has 6 atom stereocenters. The normalized spacial score (nSPS) is 42.9. The fourth-order valence-corrected chi connectivity index (χ4v) is 5.73. The third-order valence-corrected chi connectivity index (χ3v) is 7.25. The van der Waals surface area contributed by atoms with Crippen molar-refractivity contribution in [3.63, 3.8) is 0 Å². The summed E-state index contributed by atoms with van der Waals surface area (Å²) in [5.41, 5.74) is -2.55. The number of aliphatic hydroxyl groups is 3. The van der Waals surface area contributed by atoms with E-state index in [4.69, 9.17) is 9.47 Å². The summed E-state index contributed by atoms with van der Waals surface area (Å²) in [5.74, 6) is -0.595. The van der Waals surface area contributed by atoms with Crippen LogP contribution >= 0.6 is 0 Å². The Balaban J connectivity index is 1.99. The molecule has 1 heterocycles. The summed E-state index contributed by atoms with van der Waals surface area (Å²) in [6.45, 7) is 8.10. The molecular weight excluding hydrogens is 348 g/mol. The third kappa shape index (κ3) is 3.05.